The monoisotopic (exact) mass is 610 g/mol. The first-order valence-corrected chi connectivity index (χ1v) is 15.3. The van der Waals surface area contributed by atoms with Crippen molar-refractivity contribution in [2.24, 2.45) is 0 Å². The molecule has 11 heteroatoms. The summed E-state index contributed by atoms with van der Waals surface area (Å²) in [4.78, 5) is 13.4. The molecule has 0 aromatic heterocycles. The second-order valence-corrected chi connectivity index (χ2v) is 12.3. The average Bonchev–Trinajstić information content (AvgIpc) is 3.21. The first-order chi connectivity index (χ1) is 19.8. The van der Waals surface area contributed by atoms with Gasteiger partial charge in [0.25, 0.3) is 0 Å². The molecule has 1 N–H and O–H groups in total. The maximum absolute atomic E-state index is 14.9. The van der Waals surface area contributed by atoms with Crippen molar-refractivity contribution >= 4 is 55.0 Å². The summed E-state index contributed by atoms with van der Waals surface area (Å²) in [5.74, 6) is -0.306. The molecule has 0 saturated carbocycles. The molecular formula is C30H21F2O6PS2. The van der Waals surface area contributed by atoms with E-state index in [1.807, 2.05) is 0 Å². The molecule has 2 aliphatic rings. The van der Waals surface area contributed by atoms with Gasteiger partial charge in [-0.15, -0.1) is 0 Å². The topological polar surface area (TPSA) is 74.2 Å². The summed E-state index contributed by atoms with van der Waals surface area (Å²) in [6.07, 6.45) is 2.72. The number of rotatable bonds is 6. The average molecular weight is 611 g/mol. The van der Waals surface area contributed by atoms with Crippen LogP contribution in [0.25, 0.3) is 23.7 Å². The maximum Gasteiger partial charge on any atom is 0.584 e. The Balaban J connectivity index is 1.45. The van der Waals surface area contributed by atoms with Gasteiger partial charge in [0.2, 0.25) is 0 Å². The van der Waals surface area contributed by atoms with Crippen LogP contribution >= 0.6 is 31.3 Å². The van der Waals surface area contributed by atoms with Crippen LogP contribution in [0.5, 0.6) is 11.5 Å². The second-order valence-electron chi connectivity index (χ2n) is 8.85. The molecule has 0 bridgehead atoms. The number of methoxy groups -OCH3 is 2. The largest absolute Gasteiger partial charge is 0.584 e. The van der Waals surface area contributed by atoms with Crippen LogP contribution in [-0.2, 0) is 13.6 Å². The fourth-order valence-electron chi connectivity index (χ4n) is 4.50. The van der Waals surface area contributed by atoms with Crippen molar-refractivity contribution in [3.8, 4) is 11.5 Å². The molecule has 6 rings (SSSR count). The molecule has 0 spiro atoms. The van der Waals surface area contributed by atoms with Crippen molar-refractivity contribution < 1.29 is 36.8 Å². The Hall–Kier alpha value is -3.69. The van der Waals surface area contributed by atoms with E-state index in [1.54, 1.807) is 60.7 Å². The zero-order chi connectivity index (χ0) is 28.7. The van der Waals surface area contributed by atoms with E-state index in [4.69, 9.17) is 18.5 Å². The first-order valence-electron chi connectivity index (χ1n) is 12.2. The molecule has 4 aromatic carbocycles. The van der Waals surface area contributed by atoms with Crippen molar-refractivity contribution in [1.29, 1.82) is 0 Å². The predicted octanol–water partition coefficient (Wildman–Crippen LogP) is 8.74. The molecule has 0 saturated heterocycles. The zero-order valence-electron chi connectivity index (χ0n) is 21.6. The highest BCUT2D eigenvalue weighted by atomic mass is 32.2. The highest BCUT2D eigenvalue weighted by molar-refractivity contribution is 8.00. The Kier molecular flexibility index (Phi) is 7.34. The van der Waals surface area contributed by atoms with Crippen LogP contribution in [-0.4, -0.2) is 19.1 Å². The molecule has 208 valence electrons. The summed E-state index contributed by atoms with van der Waals surface area (Å²) in [5, 5.41) is 0. The number of fused-ring (bicyclic) bond motifs is 4. The standard InChI is InChI=1S/C30H21F2O6PS2/c1-35-23-11-3-7-17-25(15-19-21(31)9-5-13-27(19)40-29(17)23)37-39(33,34)38-26-16-20-22(32)10-6-14-28(20)41-30-18(26)8-4-12-24(30)36-2/h3-16H,1-2H3,(H,33,34). The van der Waals surface area contributed by atoms with Crippen molar-refractivity contribution in [1.82, 2.24) is 0 Å². The van der Waals surface area contributed by atoms with Gasteiger partial charge in [-0.2, -0.15) is 0 Å². The van der Waals surface area contributed by atoms with Gasteiger partial charge in [-0.3, -0.25) is 4.89 Å². The number of ether oxygens (including phenoxy) is 2. The zero-order valence-corrected chi connectivity index (χ0v) is 24.1. The van der Waals surface area contributed by atoms with Crippen molar-refractivity contribution in [3.05, 3.63) is 107 Å². The molecule has 0 amide bonds. The number of phosphoric acid groups is 1. The van der Waals surface area contributed by atoms with E-state index in [0.717, 1.165) is 0 Å². The molecule has 0 aliphatic carbocycles. The van der Waals surface area contributed by atoms with Gasteiger partial charge in [-0.05, 0) is 60.7 Å². The summed E-state index contributed by atoms with van der Waals surface area (Å²) in [6, 6.07) is 19.4. The molecule has 6 nitrogen and oxygen atoms in total. The van der Waals surface area contributed by atoms with Crippen LogP contribution < -0.4 is 9.47 Å². The molecule has 0 unspecified atom stereocenters. The van der Waals surface area contributed by atoms with E-state index in [-0.39, 0.29) is 22.6 Å². The van der Waals surface area contributed by atoms with Gasteiger partial charge in [0.1, 0.15) is 34.7 Å². The van der Waals surface area contributed by atoms with E-state index in [1.165, 1.54) is 62.0 Å². The highest BCUT2D eigenvalue weighted by Gasteiger charge is 2.34. The lowest BCUT2D eigenvalue weighted by atomic mass is 10.1. The minimum Gasteiger partial charge on any atom is -0.496 e. The fraction of sp³-hybridized carbons (Fsp3) is 0.0667. The van der Waals surface area contributed by atoms with Gasteiger partial charge in [0.05, 0.1) is 24.0 Å². The van der Waals surface area contributed by atoms with Gasteiger partial charge in [0.15, 0.2) is 0 Å². The Morgan fingerprint density at radius 2 is 1.07 bits per heavy atom. The van der Waals surface area contributed by atoms with E-state index in [9.17, 15) is 18.2 Å². The molecule has 41 heavy (non-hydrogen) atoms. The first kappa shape index (κ1) is 27.5. The van der Waals surface area contributed by atoms with Crippen LogP contribution in [0.3, 0.4) is 0 Å². The Morgan fingerprint density at radius 1 is 0.659 bits per heavy atom. The third-order valence-electron chi connectivity index (χ3n) is 6.36. The molecular weight excluding hydrogens is 589 g/mol. The van der Waals surface area contributed by atoms with Crippen LogP contribution in [0.15, 0.2) is 92.4 Å². The number of hydrogen-bond donors (Lipinski definition) is 1. The van der Waals surface area contributed by atoms with Gasteiger partial charge in [0, 0.05) is 32.0 Å². The fourth-order valence-corrected chi connectivity index (χ4v) is 7.66. The van der Waals surface area contributed by atoms with Gasteiger partial charge in [-0.1, -0.05) is 47.8 Å². The Morgan fingerprint density at radius 3 is 1.49 bits per heavy atom. The van der Waals surface area contributed by atoms with Gasteiger partial charge < -0.3 is 18.5 Å². The van der Waals surface area contributed by atoms with Crippen molar-refractivity contribution in [2.75, 3.05) is 14.2 Å². The Bertz CT molecular complexity index is 1680. The molecule has 2 aliphatic heterocycles. The maximum atomic E-state index is 14.9. The molecule has 0 atom stereocenters. The normalized spacial score (nSPS) is 13.7. The van der Waals surface area contributed by atoms with Crippen molar-refractivity contribution in [2.45, 2.75) is 19.6 Å². The Labute approximate surface area is 243 Å². The number of benzene rings is 4. The third kappa shape index (κ3) is 5.24. The van der Waals surface area contributed by atoms with Gasteiger partial charge >= 0.3 is 7.82 Å². The van der Waals surface area contributed by atoms with Crippen LogP contribution in [0.2, 0.25) is 0 Å². The lowest BCUT2D eigenvalue weighted by Crippen LogP contribution is -1.99. The smallest absolute Gasteiger partial charge is 0.496 e. The van der Waals surface area contributed by atoms with Crippen LogP contribution in [0.1, 0.15) is 22.3 Å². The number of halogens is 2. The molecule has 0 fully saturated rings. The summed E-state index contributed by atoms with van der Waals surface area (Å²) in [7, 11) is -1.97. The van der Waals surface area contributed by atoms with E-state index < -0.39 is 19.5 Å². The lowest BCUT2D eigenvalue weighted by Gasteiger charge is -2.20. The predicted molar refractivity (Wildman–Crippen MR) is 155 cm³/mol. The van der Waals surface area contributed by atoms with E-state index in [2.05, 4.69) is 0 Å². The van der Waals surface area contributed by atoms with Crippen LogP contribution in [0, 0.1) is 11.6 Å². The summed E-state index contributed by atoms with van der Waals surface area (Å²) >= 11 is 2.49. The minimum absolute atomic E-state index is 0.0953. The molecule has 2 heterocycles. The van der Waals surface area contributed by atoms with Crippen molar-refractivity contribution in [3.63, 3.8) is 0 Å². The van der Waals surface area contributed by atoms with E-state index >= 15 is 0 Å². The summed E-state index contributed by atoms with van der Waals surface area (Å²) < 4.78 is 65.9. The minimum atomic E-state index is -4.96. The van der Waals surface area contributed by atoms with Crippen LogP contribution in [0.4, 0.5) is 8.78 Å². The molecule has 4 aromatic rings. The lowest BCUT2D eigenvalue weighted by molar-refractivity contribution is 0.264. The molecule has 0 radical (unpaired) electrons. The summed E-state index contributed by atoms with van der Waals surface area (Å²) in [5.41, 5.74) is 1.18. The number of hydrogen-bond acceptors (Lipinski definition) is 7. The highest BCUT2D eigenvalue weighted by Crippen LogP contribution is 2.57. The number of phosphoric ester groups is 1. The third-order valence-corrected chi connectivity index (χ3v) is 9.61. The van der Waals surface area contributed by atoms with E-state index in [0.29, 0.717) is 42.2 Å². The second kappa shape index (κ2) is 10.9. The quantitative estimate of drug-likeness (QED) is 0.217. The summed E-state index contributed by atoms with van der Waals surface area (Å²) in [6.45, 7) is 0. The SMILES string of the molecule is COc1cccc2c1Sc1cccc(F)c1C=C2OP(=O)(O)OC1=Cc2c(F)cccc2Sc2c(OC)cccc21. The van der Waals surface area contributed by atoms with Gasteiger partial charge in [-0.25, -0.2) is 13.3 Å².